The fourth-order valence-corrected chi connectivity index (χ4v) is 2.51. The number of halogens is 2. The number of hydrogen-bond donors (Lipinski definition) is 1. The largest absolute Gasteiger partial charge is 0.550 e. The Morgan fingerprint density at radius 2 is 1.86 bits per heavy atom. The molecule has 0 heterocycles. The van der Waals surface area contributed by atoms with E-state index in [-0.39, 0.29) is 12.3 Å². The molecule has 0 saturated carbocycles. The standard InChI is InChI=1S/C16H13BrClNO3/c17-12-3-1-2-11(8-12)16(22)19-14(9-15(20)21)10-4-6-13(18)7-5-10/h1-8,14H,9H2,(H,19,22)(H,20,21)/p-1/t14-/m1/s1. The van der Waals surface area contributed by atoms with Gasteiger partial charge in [-0.1, -0.05) is 45.7 Å². The van der Waals surface area contributed by atoms with E-state index in [2.05, 4.69) is 21.2 Å². The minimum Gasteiger partial charge on any atom is -0.550 e. The smallest absolute Gasteiger partial charge is 0.251 e. The summed E-state index contributed by atoms with van der Waals surface area (Å²) in [6.45, 7) is 0. The van der Waals surface area contributed by atoms with Crippen LogP contribution >= 0.6 is 27.5 Å². The van der Waals surface area contributed by atoms with Crippen LogP contribution in [0.1, 0.15) is 28.4 Å². The quantitative estimate of drug-likeness (QED) is 0.866. The highest BCUT2D eigenvalue weighted by atomic mass is 79.9. The summed E-state index contributed by atoms with van der Waals surface area (Å²) in [4.78, 5) is 23.2. The van der Waals surface area contributed by atoms with Gasteiger partial charge in [-0.2, -0.15) is 0 Å². The number of nitrogens with one attached hydrogen (secondary N) is 1. The van der Waals surface area contributed by atoms with E-state index in [1.165, 1.54) is 0 Å². The summed E-state index contributed by atoms with van der Waals surface area (Å²) in [7, 11) is 0. The lowest BCUT2D eigenvalue weighted by atomic mass is 10.0. The molecule has 22 heavy (non-hydrogen) atoms. The Balaban J connectivity index is 2.21. The number of benzene rings is 2. The van der Waals surface area contributed by atoms with E-state index >= 15 is 0 Å². The Labute approximate surface area is 141 Å². The van der Waals surface area contributed by atoms with Crippen molar-refractivity contribution in [2.45, 2.75) is 12.5 Å². The third kappa shape index (κ3) is 4.58. The zero-order valence-electron chi connectivity index (χ0n) is 11.4. The van der Waals surface area contributed by atoms with Crippen molar-refractivity contribution in [2.75, 3.05) is 0 Å². The maximum Gasteiger partial charge on any atom is 0.251 e. The summed E-state index contributed by atoms with van der Waals surface area (Å²) in [5, 5.41) is 14.2. The molecule has 0 aliphatic heterocycles. The number of rotatable bonds is 5. The normalized spacial score (nSPS) is 11.7. The van der Waals surface area contributed by atoms with Gasteiger partial charge in [0, 0.05) is 27.4 Å². The fraction of sp³-hybridized carbons (Fsp3) is 0.125. The van der Waals surface area contributed by atoms with Crippen molar-refractivity contribution in [3.63, 3.8) is 0 Å². The van der Waals surface area contributed by atoms with Crippen LogP contribution in [0.4, 0.5) is 0 Å². The molecule has 2 aromatic rings. The van der Waals surface area contributed by atoms with Crippen molar-refractivity contribution in [2.24, 2.45) is 0 Å². The molecule has 2 rings (SSSR count). The van der Waals surface area contributed by atoms with Gasteiger partial charge in [0.15, 0.2) is 0 Å². The van der Waals surface area contributed by atoms with Crippen LogP contribution in [-0.4, -0.2) is 11.9 Å². The van der Waals surface area contributed by atoms with Crippen molar-refractivity contribution >= 4 is 39.4 Å². The molecule has 2 aromatic carbocycles. The van der Waals surface area contributed by atoms with Gasteiger partial charge in [0.25, 0.3) is 5.91 Å². The molecule has 1 N–H and O–H groups in total. The van der Waals surface area contributed by atoms with Crippen molar-refractivity contribution in [1.29, 1.82) is 0 Å². The highest BCUT2D eigenvalue weighted by Crippen LogP contribution is 2.20. The Morgan fingerprint density at radius 1 is 1.18 bits per heavy atom. The first-order chi connectivity index (χ1) is 10.5. The Hall–Kier alpha value is -1.85. The first kappa shape index (κ1) is 16.5. The van der Waals surface area contributed by atoms with Gasteiger partial charge in [-0.15, -0.1) is 0 Å². The molecule has 0 unspecified atom stereocenters. The molecule has 0 aliphatic rings. The maximum atomic E-state index is 12.3. The second kappa shape index (κ2) is 7.42. The summed E-state index contributed by atoms with van der Waals surface area (Å²) >= 11 is 9.11. The molecule has 0 bridgehead atoms. The Kier molecular flexibility index (Phi) is 5.57. The molecular formula is C16H12BrClNO3-. The lowest BCUT2D eigenvalue weighted by molar-refractivity contribution is -0.306. The van der Waals surface area contributed by atoms with Gasteiger partial charge in [0.2, 0.25) is 0 Å². The van der Waals surface area contributed by atoms with Gasteiger partial charge < -0.3 is 15.2 Å². The van der Waals surface area contributed by atoms with Crippen LogP contribution in [0.2, 0.25) is 5.02 Å². The number of carbonyl (C=O) groups excluding carboxylic acids is 2. The van der Waals surface area contributed by atoms with Crippen LogP contribution in [-0.2, 0) is 4.79 Å². The highest BCUT2D eigenvalue weighted by Gasteiger charge is 2.16. The van der Waals surface area contributed by atoms with Gasteiger partial charge in [-0.3, -0.25) is 4.79 Å². The van der Waals surface area contributed by atoms with Crippen LogP contribution in [0, 0.1) is 0 Å². The summed E-state index contributed by atoms with van der Waals surface area (Å²) in [5.41, 5.74) is 1.09. The molecule has 0 aliphatic carbocycles. The van der Waals surface area contributed by atoms with Crippen molar-refractivity contribution in [1.82, 2.24) is 5.32 Å². The molecule has 0 radical (unpaired) electrons. The van der Waals surface area contributed by atoms with E-state index in [4.69, 9.17) is 11.6 Å². The lowest BCUT2D eigenvalue weighted by Crippen LogP contribution is -2.34. The molecule has 4 nitrogen and oxygen atoms in total. The second-order valence-electron chi connectivity index (χ2n) is 4.66. The first-order valence-electron chi connectivity index (χ1n) is 6.47. The van der Waals surface area contributed by atoms with Crippen LogP contribution in [0.5, 0.6) is 0 Å². The maximum absolute atomic E-state index is 12.3. The van der Waals surface area contributed by atoms with Gasteiger partial charge >= 0.3 is 0 Å². The number of aliphatic carboxylic acids is 1. The zero-order chi connectivity index (χ0) is 16.1. The average molecular weight is 382 g/mol. The van der Waals surface area contributed by atoms with Gasteiger partial charge in [0.1, 0.15) is 0 Å². The molecular weight excluding hydrogens is 370 g/mol. The average Bonchev–Trinajstić information content (AvgIpc) is 2.47. The van der Waals surface area contributed by atoms with Crippen molar-refractivity contribution < 1.29 is 14.7 Å². The Morgan fingerprint density at radius 3 is 2.45 bits per heavy atom. The first-order valence-corrected chi connectivity index (χ1v) is 7.64. The summed E-state index contributed by atoms with van der Waals surface area (Å²) in [6.07, 6.45) is -0.318. The third-order valence-corrected chi connectivity index (χ3v) is 3.78. The Bertz CT molecular complexity index is 688. The third-order valence-electron chi connectivity index (χ3n) is 3.04. The molecule has 0 saturated heterocycles. The minimum atomic E-state index is -1.24. The van der Waals surface area contributed by atoms with Gasteiger partial charge in [-0.25, -0.2) is 0 Å². The summed E-state index contributed by atoms with van der Waals surface area (Å²) in [5.74, 6) is -1.60. The van der Waals surface area contributed by atoms with E-state index in [1.54, 1.807) is 48.5 Å². The predicted octanol–water partition coefficient (Wildman–Crippen LogP) is 2.71. The summed E-state index contributed by atoms with van der Waals surface area (Å²) in [6, 6.07) is 12.8. The predicted molar refractivity (Wildman–Crippen MR) is 85.4 cm³/mol. The van der Waals surface area contributed by atoms with E-state index in [1.807, 2.05) is 0 Å². The highest BCUT2D eigenvalue weighted by molar-refractivity contribution is 9.10. The molecule has 1 amide bonds. The number of carboxylic acid groups (broad SMARTS) is 1. The van der Waals surface area contributed by atoms with Crippen LogP contribution in [0.3, 0.4) is 0 Å². The fourth-order valence-electron chi connectivity index (χ4n) is 1.99. The SMILES string of the molecule is O=C([O-])C[C@@H](NC(=O)c1cccc(Br)c1)c1ccc(Cl)cc1. The van der Waals surface area contributed by atoms with E-state index < -0.39 is 12.0 Å². The topological polar surface area (TPSA) is 69.2 Å². The number of hydrogen-bond acceptors (Lipinski definition) is 3. The molecule has 114 valence electrons. The molecule has 0 aromatic heterocycles. The van der Waals surface area contributed by atoms with E-state index in [0.717, 1.165) is 4.47 Å². The van der Waals surface area contributed by atoms with Gasteiger partial charge in [0.05, 0.1) is 6.04 Å². The van der Waals surface area contributed by atoms with Crippen LogP contribution in [0.15, 0.2) is 53.0 Å². The van der Waals surface area contributed by atoms with Crippen molar-refractivity contribution in [3.05, 3.63) is 69.2 Å². The number of amides is 1. The molecule has 1 atom stereocenters. The molecule has 0 fully saturated rings. The lowest BCUT2D eigenvalue weighted by Gasteiger charge is -2.20. The van der Waals surface area contributed by atoms with Crippen LogP contribution in [0.25, 0.3) is 0 Å². The zero-order valence-corrected chi connectivity index (χ0v) is 13.7. The minimum absolute atomic E-state index is 0.318. The molecule has 6 heteroatoms. The summed E-state index contributed by atoms with van der Waals surface area (Å²) < 4.78 is 0.767. The molecule has 0 spiro atoms. The monoisotopic (exact) mass is 380 g/mol. The van der Waals surface area contributed by atoms with Gasteiger partial charge in [-0.05, 0) is 35.9 Å². The van der Waals surface area contributed by atoms with Crippen LogP contribution < -0.4 is 10.4 Å². The van der Waals surface area contributed by atoms with Crippen molar-refractivity contribution in [3.8, 4) is 0 Å². The number of carbonyl (C=O) groups is 2. The van der Waals surface area contributed by atoms with E-state index in [0.29, 0.717) is 16.1 Å². The second-order valence-corrected chi connectivity index (χ2v) is 6.02. The van der Waals surface area contributed by atoms with E-state index in [9.17, 15) is 14.7 Å². The number of carboxylic acids is 1.